The molecule has 0 radical (unpaired) electrons. The van der Waals surface area contributed by atoms with Crippen LogP contribution >= 0.6 is 11.3 Å². The highest BCUT2D eigenvalue weighted by molar-refractivity contribution is 7.12. The van der Waals surface area contributed by atoms with Crippen molar-refractivity contribution < 1.29 is 9.18 Å². The van der Waals surface area contributed by atoms with E-state index in [2.05, 4.69) is 15.4 Å². The molecule has 2 aromatic carbocycles. The topological polar surface area (TPSA) is 79.8 Å². The van der Waals surface area contributed by atoms with E-state index in [0.29, 0.717) is 22.1 Å². The number of hydrogen-bond acceptors (Lipinski definition) is 4. The van der Waals surface area contributed by atoms with Gasteiger partial charge in [0.2, 0.25) is 11.0 Å². The first-order chi connectivity index (χ1) is 14.9. The van der Waals surface area contributed by atoms with Gasteiger partial charge < -0.3 is 5.32 Å². The highest BCUT2D eigenvalue weighted by Gasteiger charge is 2.16. The summed E-state index contributed by atoms with van der Waals surface area (Å²) in [6, 6.07) is 13.6. The average Bonchev–Trinajstić information content (AvgIpc) is 3.34. The quantitative estimate of drug-likeness (QED) is 0.463. The molecule has 0 aliphatic heterocycles. The molecule has 31 heavy (non-hydrogen) atoms. The third kappa shape index (κ3) is 4.64. The van der Waals surface area contributed by atoms with Crippen LogP contribution in [0, 0.1) is 19.7 Å². The lowest BCUT2D eigenvalue weighted by Crippen LogP contribution is -2.19. The van der Waals surface area contributed by atoms with Gasteiger partial charge in [0, 0.05) is 34.3 Å². The number of carbonyl (C=O) groups excluding carboxylic acids is 1. The average molecular weight is 437 g/mol. The number of amides is 1. The number of benzene rings is 2. The van der Waals surface area contributed by atoms with Crippen LogP contribution in [0.4, 0.5) is 10.1 Å². The fourth-order valence-electron chi connectivity index (χ4n) is 3.23. The monoisotopic (exact) mass is 436 g/mol. The number of aromatic amines is 1. The van der Waals surface area contributed by atoms with Crippen LogP contribution < -0.4 is 10.9 Å². The molecule has 4 rings (SSSR count). The number of rotatable bonds is 6. The molecule has 0 aliphatic rings. The first-order valence-electron chi connectivity index (χ1n) is 9.79. The Hall–Kier alpha value is -3.52. The van der Waals surface area contributed by atoms with E-state index in [1.54, 1.807) is 6.92 Å². The van der Waals surface area contributed by atoms with Gasteiger partial charge in [-0.1, -0.05) is 29.8 Å². The third-order valence-electron chi connectivity index (χ3n) is 4.95. The predicted molar refractivity (Wildman–Crippen MR) is 120 cm³/mol. The Morgan fingerprint density at radius 3 is 2.55 bits per heavy atom. The van der Waals surface area contributed by atoms with Crippen molar-refractivity contribution in [2.75, 3.05) is 5.32 Å². The van der Waals surface area contributed by atoms with E-state index in [9.17, 15) is 14.0 Å². The molecule has 0 spiro atoms. The van der Waals surface area contributed by atoms with E-state index in [1.807, 2.05) is 36.6 Å². The summed E-state index contributed by atoms with van der Waals surface area (Å²) in [5, 5.41) is 8.23. The second-order valence-corrected chi connectivity index (χ2v) is 8.13. The number of anilines is 1. The molecular formula is C23H21FN4O2S. The minimum Gasteiger partial charge on any atom is -0.326 e. The number of thiazole rings is 1. The van der Waals surface area contributed by atoms with Gasteiger partial charge in [0.25, 0.3) is 5.56 Å². The maximum Gasteiger partial charge on any atom is 0.276 e. The second-order valence-electron chi connectivity index (χ2n) is 7.29. The van der Waals surface area contributed by atoms with Crippen LogP contribution in [-0.4, -0.2) is 20.7 Å². The molecule has 6 nitrogen and oxygen atoms in total. The first-order valence-corrected chi connectivity index (χ1v) is 10.7. The minimum absolute atomic E-state index is 0.137. The molecule has 0 saturated heterocycles. The van der Waals surface area contributed by atoms with E-state index in [0.717, 1.165) is 11.3 Å². The van der Waals surface area contributed by atoms with Crippen LogP contribution in [0.1, 0.15) is 23.2 Å². The van der Waals surface area contributed by atoms with Crippen LogP contribution in [0.25, 0.3) is 16.4 Å². The fraction of sp³-hybridized carbons (Fsp3) is 0.174. The van der Waals surface area contributed by atoms with Crippen LogP contribution in [-0.2, 0) is 11.2 Å². The Morgan fingerprint density at radius 2 is 1.84 bits per heavy atom. The summed E-state index contributed by atoms with van der Waals surface area (Å²) in [4.78, 5) is 29.7. The Balaban J connectivity index is 1.47. The predicted octanol–water partition coefficient (Wildman–Crippen LogP) is 4.62. The molecule has 4 aromatic rings. The lowest BCUT2D eigenvalue weighted by Gasteiger charge is -2.04. The van der Waals surface area contributed by atoms with Crippen molar-refractivity contribution in [1.29, 1.82) is 0 Å². The standard InChI is InChI=1S/C23H21FN4O2S/c1-14-3-5-16(6-4-14)20-13-31-23(26-20)28-22(30)19(15(2)27-28)11-12-21(29)25-18-9-7-17(24)8-10-18/h3-10,13,27H,11-12H2,1-2H3,(H,25,29). The molecule has 0 aliphatic carbocycles. The Kier molecular flexibility index (Phi) is 5.81. The van der Waals surface area contributed by atoms with Gasteiger partial charge in [-0.2, -0.15) is 4.68 Å². The number of H-pyrrole nitrogens is 1. The van der Waals surface area contributed by atoms with Crippen molar-refractivity contribution in [3.05, 3.63) is 86.9 Å². The summed E-state index contributed by atoms with van der Waals surface area (Å²) in [6.07, 6.45) is 0.426. The number of nitrogens with zero attached hydrogens (tertiary/aromatic N) is 2. The molecule has 2 aromatic heterocycles. The van der Waals surface area contributed by atoms with Crippen LogP contribution in [0.15, 0.2) is 58.7 Å². The van der Waals surface area contributed by atoms with E-state index >= 15 is 0 Å². The molecule has 0 saturated carbocycles. The van der Waals surface area contributed by atoms with Crippen LogP contribution in [0.2, 0.25) is 0 Å². The van der Waals surface area contributed by atoms with Crippen LogP contribution in [0.3, 0.4) is 0 Å². The van der Waals surface area contributed by atoms with E-state index in [4.69, 9.17) is 0 Å². The highest BCUT2D eigenvalue weighted by atomic mass is 32.1. The highest BCUT2D eigenvalue weighted by Crippen LogP contribution is 2.24. The smallest absolute Gasteiger partial charge is 0.276 e. The summed E-state index contributed by atoms with van der Waals surface area (Å²) in [7, 11) is 0. The number of nitrogens with one attached hydrogen (secondary N) is 2. The van der Waals surface area contributed by atoms with Crippen molar-refractivity contribution in [2.45, 2.75) is 26.7 Å². The molecule has 8 heteroatoms. The third-order valence-corrected chi connectivity index (χ3v) is 5.78. The van der Waals surface area contributed by atoms with Gasteiger partial charge in [-0.15, -0.1) is 11.3 Å². The largest absolute Gasteiger partial charge is 0.326 e. The summed E-state index contributed by atoms with van der Waals surface area (Å²) in [5.74, 6) is -0.608. The molecular weight excluding hydrogens is 415 g/mol. The molecule has 158 valence electrons. The van der Waals surface area contributed by atoms with Gasteiger partial charge in [0.1, 0.15) is 5.82 Å². The molecule has 1 amide bonds. The molecule has 0 fully saturated rings. The number of aromatic nitrogens is 3. The zero-order valence-electron chi connectivity index (χ0n) is 17.1. The van der Waals surface area contributed by atoms with Crippen molar-refractivity contribution in [3.8, 4) is 16.4 Å². The summed E-state index contributed by atoms with van der Waals surface area (Å²) in [6.45, 7) is 3.83. The maximum absolute atomic E-state index is 13.0. The van der Waals surface area contributed by atoms with Gasteiger partial charge in [-0.25, -0.2) is 9.37 Å². The zero-order chi connectivity index (χ0) is 22.0. The lowest BCUT2D eigenvalue weighted by molar-refractivity contribution is -0.116. The number of carbonyl (C=O) groups is 1. The first kappa shape index (κ1) is 20.7. The molecule has 0 bridgehead atoms. The number of halogens is 1. The maximum atomic E-state index is 13.0. The van der Waals surface area contributed by atoms with Gasteiger partial charge in [-0.05, 0) is 44.5 Å². The van der Waals surface area contributed by atoms with Crippen LogP contribution in [0.5, 0.6) is 0 Å². The van der Waals surface area contributed by atoms with Gasteiger partial charge >= 0.3 is 0 Å². The summed E-state index contributed by atoms with van der Waals surface area (Å²) < 4.78 is 14.4. The van der Waals surface area contributed by atoms with Gasteiger partial charge in [-0.3, -0.25) is 14.7 Å². The molecule has 2 heterocycles. The zero-order valence-corrected chi connectivity index (χ0v) is 17.9. The van der Waals surface area contributed by atoms with Gasteiger partial charge in [0.05, 0.1) is 5.69 Å². The lowest BCUT2D eigenvalue weighted by atomic mass is 10.1. The SMILES string of the molecule is Cc1ccc(-c2csc(-n3[nH]c(C)c(CCC(=O)Nc4ccc(F)cc4)c3=O)n2)cc1. The van der Waals surface area contributed by atoms with Crippen molar-refractivity contribution in [1.82, 2.24) is 14.8 Å². The van der Waals surface area contributed by atoms with Crippen molar-refractivity contribution in [2.24, 2.45) is 0 Å². The Bertz CT molecular complexity index is 1270. The van der Waals surface area contributed by atoms with E-state index < -0.39 is 0 Å². The molecule has 0 atom stereocenters. The minimum atomic E-state index is -0.366. The Morgan fingerprint density at radius 1 is 1.13 bits per heavy atom. The van der Waals surface area contributed by atoms with E-state index in [-0.39, 0.29) is 30.1 Å². The molecule has 0 unspecified atom stereocenters. The van der Waals surface area contributed by atoms with Gasteiger partial charge in [0.15, 0.2) is 0 Å². The number of aryl methyl sites for hydroxylation is 2. The Labute approximate surface area is 182 Å². The van der Waals surface area contributed by atoms with Crippen molar-refractivity contribution in [3.63, 3.8) is 0 Å². The fourth-order valence-corrected chi connectivity index (χ4v) is 4.02. The van der Waals surface area contributed by atoms with E-state index in [1.165, 1.54) is 45.8 Å². The second kappa shape index (κ2) is 8.69. The normalized spacial score (nSPS) is 10.9. The number of hydrogen-bond donors (Lipinski definition) is 2. The van der Waals surface area contributed by atoms with Crippen molar-refractivity contribution >= 4 is 22.9 Å². The summed E-state index contributed by atoms with van der Waals surface area (Å²) >= 11 is 1.38. The molecule has 2 N–H and O–H groups in total. The summed E-state index contributed by atoms with van der Waals surface area (Å²) in [5.41, 5.74) is 4.51.